The van der Waals surface area contributed by atoms with E-state index in [2.05, 4.69) is 6.92 Å². The van der Waals surface area contributed by atoms with Gasteiger partial charge in [0.05, 0.1) is 6.04 Å². The second-order valence-corrected chi connectivity index (χ2v) is 5.51. The fourth-order valence-electron chi connectivity index (χ4n) is 2.72. The highest BCUT2D eigenvalue weighted by atomic mass is 16.5. The van der Waals surface area contributed by atoms with E-state index in [0.29, 0.717) is 5.57 Å². The van der Waals surface area contributed by atoms with E-state index in [0.717, 1.165) is 25.0 Å². The van der Waals surface area contributed by atoms with Crippen molar-refractivity contribution in [3.8, 4) is 0 Å². The van der Waals surface area contributed by atoms with Crippen LogP contribution >= 0.6 is 0 Å². The van der Waals surface area contributed by atoms with Gasteiger partial charge in [0.1, 0.15) is 0 Å². The minimum absolute atomic E-state index is 0.0295. The average Bonchev–Trinajstić information content (AvgIpc) is 2.47. The third-order valence-corrected chi connectivity index (χ3v) is 3.93. The molecule has 1 aliphatic heterocycles. The van der Waals surface area contributed by atoms with Crippen molar-refractivity contribution in [2.24, 2.45) is 0 Å². The molecule has 110 valence electrons. The van der Waals surface area contributed by atoms with Crippen LogP contribution < -0.4 is 5.11 Å². The minimum Gasteiger partial charge on any atom is -0.872 e. The fourth-order valence-corrected chi connectivity index (χ4v) is 2.72. The summed E-state index contributed by atoms with van der Waals surface area (Å²) in [6.45, 7) is 2.21. The number of allylic oxidation sites excluding steroid dienone is 4. The van der Waals surface area contributed by atoms with Gasteiger partial charge in [-0.15, -0.1) is 5.76 Å². The molecule has 0 amide bonds. The van der Waals surface area contributed by atoms with Crippen LogP contribution in [0.5, 0.6) is 0 Å². The van der Waals surface area contributed by atoms with Crippen molar-refractivity contribution in [3.63, 3.8) is 0 Å². The standard InChI is InChI=1S/C17H25NO2/c1-2-3-4-5-6-7-10-14-13-17(19)15-11-8-9-12-16(15)18(14)20/h8-9,11-13,16,19-20H,2-7,10H2,1H3/p-1. The molecule has 1 unspecified atom stereocenters. The summed E-state index contributed by atoms with van der Waals surface area (Å²) in [6.07, 6.45) is 17.0. The van der Waals surface area contributed by atoms with Crippen LogP contribution in [0, 0.1) is 0 Å². The second-order valence-electron chi connectivity index (χ2n) is 5.51. The molecule has 3 heteroatoms. The number of hydroxylamine groups is 2. The van der Waals surface area contributed by atoms with Crippen LogP contribution in [0.1, 0.15) is 51.9 Å². The maximum absolute atomic E-state index is 12.0. The summed E-state index contributed by atoms with van der Waals surface area (Å²) >= 11 is 0. The Balaban J connectivity index is 1.87. The minimum atomic E-state index is -0.299. The molecule has 2 aliphatic rings. The fraction of sp³-hybridized carbons (Fsp3) is 0.529. The van der Waals surface area contributed by atoms with Gasteiger partial charge in [-0.2, -0.15) is 0 Å². The number of fused-ring (bicyclic) bond motifs is 1. The van der Waals surface area contributed by atoms with Crippen LogP contribution in [-0.4, -0.2) is 16.3 Å². The van der Waals surface area contributed by atoms with Crippen LogP contribution in [-0.2, 0) is 0 Å². The molecule has 2 rings (SSSR count). The first-order valence-electron chi connectivity index (χ1n) is 7.68. The number of hydrogen-bond donors (Lipinski definition) is 1. The Hall–Kier alpha value is -1.48. The topological polar surface area (TPSA) is 46.5 Å². The molecule has 0 bridgehead atoms. The summed E-state index contributed by atoms with van der Waals surface area (Å²) in [6, 6.07) is -0.299. The normalized spacial score (nSPS) is 21.2. The average molecular weight is 274 g/mol. The predicted molar refractivity (Wildman–Crippen MR) is 78.8 cm³/mol. The van der Waals surface area contributed by atoms with Crippen molar-refractivity contribution in [2.75, 3.05) is 0 Å². The molecular formula is C17H24NO2-. The van der Waals surface area contributed by atoms with Crippen molar-refractivity contribution >= 4 is 0 Å². The van der Waals surface area contributed by atoms with Crippen molar-refractivity contribution in [3.05, 3.63) is 47.4 Å². The Labute approximate surface area is 121 Å². The van der Waals surface area contributed by atoms with Crippen LogP contribution in [0.4, 0.5) is 0 Å². The molecular weight excluding hydrogens is 250 g/mol. The number of unbranched alkanes of at least 4 members (excludes halogenated alkanes) is 5. The Morgan fingerprint density at radius 1 is 1.15 bits per heavy atom. The number of rotatable bonds is 7. The van der Waals surface area contributed by atoms with Gasteiger partial charge in [0.25, 0.3) is 0 Å². The van der Waals surface area contributed by atoms with E-state index in [1.165, 1.54) is 30.7 Å². The van der Waals surface area contributed by atoms with E-state index in [4.69, 9.17) is 0 Å². The summed E-state index contributed by atoms with van der Waals surface area (Å²) in [5.74, 6) is 0.0295. The first-order valence-corrected chi connectivity index (χ1v) is 7.68. The van der Waals surface area contributed by atoms with Gasteiger partial charge in [0, 0.05) is 5.70 Å². The second kappa shape index (κ2) is 7.34. The molecule has 0 saturated heterocycles. The molecule has 1 N–H and O–H groups in total. The van der Waals surface area contributed by atoms with Gasteiger partial charge >= 0.3 is 0 Å². The van der Waals surface area contributed by atoms with E-state index in [1.807, 2.05) is 18.2 Å². The molecule has 0 fully saturated rings. The lowest BCUT2D eigenvalue weighted by atomic mass is 9.95. The van der Waals surface area contributed by atoms with Crippen LogP contribution in [0.3, 0.4) is 0 Å². The summed E-state index contributed by atoms with van der Waals surface area (Å²) in [7, 11) is 0. The lowest BCUT2D eigenvalue weighted by Crippen LogP contribution is -2.37. The van der Waals surface area contributed by atoms with Gasteiger partial charge in [-0.3, -0.25) is 5.21 Å². The first kappa shape index (κ1) is 14.9. The van der Waals surface area contributed by atoms with E-state index < -0.39 is 0 Å². The summed E-state index contributed by atoms with van der Waals surface area (Å²) in [5.41, 5.74) is 1.40. The summed E-state index contributed by atoms with van der Waals surface area (Å²) in [5, 5.41) is 23.5. The van der Waals surface area contributed by atoms with Gasteiger partial charge in [0.15, 0.2) is 0 Å². The van der Waals surface area contributed by atoms with Gasteiger partial charge in [0.2, 0.25) is 0 Å². The largest absolute Gasteiger partial charge is 0.872 e. The van der Waals surface area contributed by atoms with Gasteiger partial charge in [-0.1, -0.05) is 63.3 Å². The van der Waals surface area contributed by atoms with Gasteiger partial charge in [-0.05, 0) is 24.5 Å². The van der Waals surface area contributed by atoms with E-state index in [1.54, 1.807) is 12.2 Å². The van der Waals surface area contributed by atoms with Crippen LogP contribution in [0.2, 0.25) is 0 Å². The Morgan fingerprint density at radius 3 is 2.70 bits per heavy atom. The molecule has 3 nitrogen and oxygen atoms in total. The highest BCUT2D eigenvalue weighted by Gasteiger charge is 2.24. The summed E-state index contributed by atoms with van der Waals surface area (Å²) < 4.78 is 0. The van der Waals surface area contributed by atoms with Crippen molar-refractivity contribution < 1.29 is 10.3 Å². The van der Waals surface area contributed by atoms with Crippen LogP contribution in [0.15, 0.2) is 47.4 Å². The zero-order chi connectivity index (χ0) is 14.4. The predicted octanol–water partition coefficient (Wildman–Crippen LogP) is 3.43. The van der Waals surface area contributed by atoms with Crippen LogP contribution in [0.25, 0.3) is 0 Å². The van der Waals surface area contributed by atoms with Crippen molar-refractivity contribution in [1.29, 1.82) is 0 Å². The number of hydrogen-bond acceptors (Lipinski definition) is 3. The molecule has 20 heavy (non-hydrogen) atoms. The SMILES string of the molecule is CCCCCCCCC1=CC([O-])=C2C=CC=CC2N1O. The Bertz CT molecular complexity index is 446. The molecule has 1 aliphatic carbocycles. The lowest BCUT2D eigenvalue weighted by Gasteiger charge is -2.36. The lowest BCUT2D eigenvalue weighted by molar-refractivity contribution is -0.299. The van der Waals surface area contributed by atoms with E-state index in [9.17, 15) is 10.3 Å². The number of nitrogens with zero attached hydrogens (tertiary/aromatic N) is 1. The molecule has 0 spiro atoms. The molecule has 1 heterocycles. The maximum Gasteiger partial charge on any atom is 0.0987 e. The first-order chi connectivity index (χ1) is 9.74. The van der Waals surface area contributed by atoms with Crippen molar-refractivity contribution in [1.82, 2.24) is 5.06 Å². The van der Waals surface area contributed by atoms with E-state index in [-0.39, 0.29) is 11.8 Å². The van der Waals surface area contributed by atoms with Crippen molar-refractivity contribution in [2.45, 2.75) is 57.9 Å². The monoisotopic (exact) mass is 274 g/mol. The molecule has 0 radical (unpaired) electrons. The highest BCUT2D eigenvalue weighted by Crippen LogP contribution is 2.29. The Morgan fingerprint density at radius 2 is 1.90 bits per heavy atom. The third-order valence-electron chi connectivity index (χ3n) is 3.93. The molecule has 1 atom stereocenters. The van der Waals surface area contributed by atoms with E-state index >= 15 is 0 Å². The Kier molecular flexibility index (Phi) is 5.48. The summed E-state index contributed by atoms with van der Waals surface area (Å²) in [4.78, 5) is 0. The molecule has 0 saturated carbocycles. The van der Waals surface area contributed by atoms with Gasteiger partial charge < -0.3 is 5.11 Å². The molecule has 0 aromatic heterocycles. The zero-order valence-corrected chi connectivity index (χ0v) is 12.2. The van der Waals surface area contributed by atoms with Gasteiger partial charge in [-0.25, -0.2) is 5.06 Å². The maximum atomic E-state index is 12.0. The molecule has 0 aromatic rings. The zero-order valence-electron chi connectivity index (χ0n) is 12.2. The smallest absolute Gasteiger partial charge is 0.0987 e. The highest BCUT2D eigenvalue weighted by molar-refractivity contribution is 5.44. The quantitative estimate of drug-likeness (QED) is 0.723. The third kappa shape index (κ3) is 3.54. The molecule has 0 aromatic carbocycles.